The van der Waals surface area contributed by atoms with E-state index in [4.69, 9.17) is 10.2 Å². The zero-order valence-electron chi connectivity index (χ0n) is 12.2. The Balaban J connectivity index is 2.41. The first kappa shape index (κ1) is 18.5. The molecule has 0 bridgehead atoms. The fourth-order valence-electron chi connectivity index (χ4n) is 1.94. The number of aliphatic carboxylic acids is 2. The van der Waals surface area contributed by atoms with Crippen molar-refractivity contribution in [1.82, 2.24) is 5.32 Å². The van der Waals surface area contributed by atoms with Crippen molar-refractivity contribution < 1.29 is 33.4 Å². The number of aryl methyl sites for hydroxylation is 1. The number of rotatable bonds is 9. The van der Waals surface area contributed by atoms with Crippen molar-refractivity contribution in [2.24, 2.45) is 0 Å². The monoisotopic (exact) mass is 329 g/mol. The zero-order chi connectivity index (χ0) is 17.4. The van der Waals surface area contributed by atoms with E-state index in [9.17, 15) is 23.2 Å². The first-order chi connectivity index (χ1) is 10.8. The van der Waals surface area contributed by atoms with Gasteiger partial charge in [-0.25, -0.2) is 13.6 Å². The molecule has 1 aromatic carbocycles. The van der Waals surface area contributed by atoms with Crippen molar-refractivity contribution in [3.8, 4) is 0 Å². The molecule has 1 atom stereocenters. The van der Waals surface area contributed by atoms with Gasteiger partial charge in [0.15, 0.2) is 11.6 Å². The van der Waals surface area contributed by atoms with Crippen LogP contribution in [0, 0.1) is 11.6 Å². The molecule has 23 heavy (non-hydrogen) atoms. The number of halogens is 2. The fraction of sp³-hybridized carbons (Fsp3) is 0.400. The van der Waals surface area contributed by atoms with Gasteiger partial charge in [0.1, 0.15) is 6.04 Å². The van der Waals surface area contributed by atoms with Crippen LogP contribution < -0.4 is 5.32 Å². The second-order valence-electron chi connectivity index (χ2n) is 4.99. The first-order valence-electron chi connectivity index (χ1n) is 6.97. The number of amides is 1. The van der Waals surface area contributed by atoms with Gasteiger partial charge in [0.2, 0.25) is 5.91 Å². The highest BCUT2D eigenvalue weighted by Gasteiger charge is 2.20. The van der Waals surface area contributed by atoms with Gasteiger partial charge in [-0.2, -0.15) is 0 Å². The van der Waals surface area contributed by atoms with Crippen molar-refractivity contribution in [1.29, 1.82) is 0 Å². The third-order valence-corrected chi connectivity index (χ3v) is 3.13. The summed E-state index contributed by atoms with van der Waals surface area (Å²) in [6.45, 7) is 0. The molecule has 8 heteroatoms. The average Bonchev–Trinajstić information content (AvgIpc) is 2.46. The Hall–Kier alpha value is -2.51. The van der Waals surface area contributed by atoms with E-state index in [1.165, 1.54) is 6.07 Å². The molecule has 0 aliphatic heterocycles. The van der Waals surface area contributed by atoms with Gasteiger partial charge in [0.25, 0.3) is 0 Å². The van der Waals surface area contributed by atoms with Crippen molar-refractivity contribution in [2.45, 2.75) is 38.1 Å². The summed E-state index contributed by atoms with van der Waals surface area (Å²) in [4.78, 5) is 33.0. The lowest BCUT2D eigenvalue weighted by Crippen LogP contribution is -2.41. The van der Waals surface area contributed by atoms with Crippen LogP contribution in [0.4, 0.5) is 8.78 Å². The maximum Gasteiger partial charge on any atom is 0.326 e. The molecule has 0 unspecified atom stereocenters. The molecule has 0 spiro atoms. The lowest BCUT2D eigenvalue weighted by Gasteiger charge is -2.13. The van der Waals surface area contributed by atoms with E-state index in [2.05, 4.69) is 5.32 Å². The highest BCUT2D eigenvalue weighted by Crippen LogP contribution is 2.11. The van der Waals surface area contributed by atoms with Crippen LogP contribution in [-0.4, -0.2) is 34.1 Å². The minimum Gasteiger partial charge on any atom is -0.481 e. The number of hydrogen-bond donors (Lipinski definition) is 3. The smallest absolute Gasteiger partial charge is 0.326 e. The molecule has 1 amide bonds. The Morgan fingerprint density at radius 2 is 1.78 bits per heavy atom. The summed E-state index contributed by atoms with van der Waals surface area (Å²) in [6.07, 6.45) is 0.0706. The van der Waals surface area contributed by atoms with Crippen molar-refractivity contribution in [2.75, 3.05) is 0 Å². The van der Waals surface area contributed by atoms with Crippen LogP contribution in [0.1, 0.15) is 31.2 Å². The number of carboxylic acid groups (broad SMARTS) is 2. The SMILES string of the molecule is O=C(O)CC[C@H](NC(=O)CCCc1ccc(F)c(F)c1)C(=O)O. The summed E-state index contributed by atoms with van der Waals surface area (Å²) >= 11 is 0. The molecule has 1 aromatic rings. The van der Waals surface area contributed by atoms with Crippen molar-refractivity contribution in [3.63, 3.8) is 0 Å². The Morgan fingerprint density at radius 3 is 2.35 bits per heavy atom. The van der Waals surface area contributed by atoms with Gasteiger partial charge in [-0.05, 0) is 37.0 Å². The standard InChI is InChI=1S/C15H17F2NO5/c16-10-5-4-9(8-11(10)17)2-1-3-13(19)18-12(15(22)23)6-7-14(20)21/h4-5,8,12H,1-3,6-7H2,(H,18,19)(H,20,21)(H,22,23)/t12-/m0/s1. The Morgan fingerprint density at radius 1 is 1.09 bits per heavy atom. The van der Waals surface area contributed by atoms with Gasteiger partial charge >= 0.3 is 11.9 Å². The molecule has 0 radical (unpaired) electrons. The van der Waals surface area contributed by atoms with E-state index in [0.29, 0.717) is 18.4 Å². The molecule has 0 saturated carbocycles. The van der Waals surface area contributed by atoms with Crippen LogP contribution >= 0.6 is 0 Å². The Bertz CT molecular complexity index is 591. The van der Waals surface area contributed by atoms with E-state index in [-0.39, 0.29) is 19.3 Å². The van der Waals surface area contributed by atoms with Gasteiger partial charge < -0.3 is 15.5 Å². The Kier molecular flexibility index (Phi) is 7.11. The van der Waals surface area contributed by atoms with Crippen LogP contribution in [0.25, 0.3) is 0 Å². The maximum absolute atomic E-state index is 13.0. The number of hydrogen-bond acceptors (Lipinski definition) is 3. The lowest BCUT2D eigenvalue weighted by molar-refractivity contribution is -0.143. The van der Waals surface area contributed by atoms with E-state index in [0.717, 1.165) is 12.1 Å². The molecule has 126 valence electrons. The van der Waals surface area contributed by atoms with Crippen LogP contribution in [0.2, 0.25) is 0 Å². The molecular formula is C15H17F2NO5. The number of carbonyl (C=O) groups excluding carboxylic acids is 1. The molecule has 0 fully saturated rings. The molecule has 0 aliphatic rings. The topological polar surface area (TPSA) is 104 Å². The summed E-state index contributed by atoms with van der Waals surface area (Å²) in [5.41, 5.74) is 0.525. The van der Waals surface area contributed by atoms with E-state index in [1.807, 2.05) is 0 Å². The molecular weight excluding hydrogens is 312 g/mol. The molecule has 1 rings (SSSR count). The summed E-state index contributed by atoms with van der Waals surface area (Å²) in [5.74, 6) is -4.91. The van der Waals surface area contributed by atoms with Crippen LogP contribution in [0.5, 0.6) is 0 Å². The molecule has 0 aliphatic carbocycles. The van der Waals surface area contributed by atoms with Crippen LogP contribution in [0.3, 0.4) is 0 Å². The van der Waals surface area contributed by atoms with Gasteiger partial charge in [0, 0.05) is 12.8 Å². The maximum atomic E-state index is 13.0. The summed E-state index contributed by atoms with van der Waals surface area (Å²) in [6, 6.07) is 2.18. The second-order valence-corrected chi connectivity index (χ2v) is 4.99. The van der Waals surface area contributed by atoms with Gasteiger partial charge in [0.05, 0.1) is 0 Å². The number of carboxylic acids is 2. The van der Waals surface area contributed by atoms with Gasteiger partial charge in [-0.3, -0.25) is 9.59 Å². The fourth-order valence-corrected chi connectivity index (χ4v) is 1.94. The Labute approximate surface area is 131 Å². The minimum atomic E-state index is -1.31. The molecule has 0 saturated heterocycles. The van der Waals surface area contributed by atoms with Crippen LogP contribution in [0.15, 0.2) is 18.2 Å². The highest BCUT2D eigenvalue weighted by atomic mass is 19.2. The summed E-state index contributed by atoms with van der Waals surface area (Å²) in [5, 5.41) is 19.7. The summed E-state index contributed by atoms with van der Waals surface area (Å²) in [7, 11) is 0. The third-order valence-electron chi connectivity index (χ3n) is 3.13. The number of nitrogens with one attached hydrogen (secondary N) is 1. The molecule has 0 aromatic heterocycles. The molecule has 3 N–H and O–H groups in total. The second kappa shape index (κ2) is 8.82. The van der Waals surface area contributed by atoms with Crippen molar-refractivity contribution in [3.05, 3.63) is 35.4 Å². The largest absolute Gasteiger partial charge is 0.481 e. The van der Waals surface area contributed by atoms with E-state index in [1.54, 1.807) is 0 Å². The first-order valence-corrected chi connectivity index (χ1v) is 6.97. The quantitative estimate of drug-likeness (QED) is 0.640. The zero-order valence-corrected chi connectivity index (χ0v) is 12.2. The predicted octanol–water partition coefficient (Wildman–Crippen LogP) is 1.72. The average molecular weight is 329 g/mol. The minimum absolute atomic E-state index is 0.00412. The number of carbonyl (C=O) groups is 3. The summed E-state index contributed by atoms with van der Waals surface area (Å²) < 4.78 is 25.8. The molecule has 6 nitrogen and oxygen atoms in total. The van der Waals surface area contributed by atoms with Crippen LogP contribution in [-0.2, 0) is 20.8 Å². The normalized spacial score (nSPS) is 11.7. The van der Waals surface area contributed by atoms with E-state index >= 15 is 0 Å². The van der Waals surface area contributed by atoms with E-state index < -0.39 is 35.5 Å². The van der Waals surface area contributed by atoms with Gasteiger partial charge in [-0.1, -0.05) is 6.07 Å². The predicted molar refractivity (Wildman–Crippen MR) is 75.7 cm³/mol. The third kappa shape index (κ3) is 6.86. The lowest BCUT2D eigenvalue weighted by atomic mass is 10.1. The highest BCUT2D eigenvalue weighted by molar-refractivity contribution is 5.83. The number of benzene rings is 1. The molecule has 0 heterocycles. The van der Waals surface area contributed by atoms with Gasteiger partial charge in [-0.15, -0.1) is 0 Å². The van der Waals surface area contributed by atoms with Crippen molar-refractivity contribution >= 4 is 17.8 Å².